The Morgan fingerprint density at radius 3 is 2.71 bits per heavy atom. The first-order chi connectivity index (χ1) is 7.91. The molecule has 0 radical (unpaired) electrons. The number of thiophene rings is 1. The van der Waals surface area contributed by atoms with Crippen LogP contribution in [-0.2, 0) is 11.3 Å². The van der Waals surface area contributed by atoms with E-state index in [0.29, 0.717) is 6.54 Å². The molecule has 1 amide bonds. The molecule has 1 atom stereocenters. The molecule has 0 aliphatic heterocycles. The van der Waals surface area contributed by atoms with Crippen molar-refractivity contribution in [2.24, 2.45) is 5.73 Å². The summed E-state index contributed by atoms with van der Waals surface area (Å²) < 4.78 is 0. The minimum absolute atomic E-state index is 0.0486. The van der Waals surface area contributed by atoms with Gasteiger partial charge < -0.3 is 21.3 Å². The Hall–Kier alpha value is -1.44. The number of amides is 1. The number of nitrogens with one attached hydrogen (secondary N) is 1. The van der Waals surface area contributed by atoms with E-state index in [-0.39, 0.29) is 11.4 Å². The topological polar surface area (TPSA) is 113 Å². The zero-order chi connectivity index (χ0) is 13.0. The van der Waals surface area contributed by atoms with Crippen molar-refractivity contribution < 1.29 is 19.8 Å². The van der Waals surface area contributed by atoms with Crippen molar-refractivity contribution in [2.75, 3.05) is 6.54 Å². The summed E-state index contributed by atoms with van der Waals surface area (Å²) in [7, 11) is 0. The smallest absolute Gasteiger partial charge is 0.345 e. The molecule has 0 bridgehead atoms. The van der Waals surface area contributed by atoms with E-state index in [0.717, 1.165) is 10.4 Å². The monoisotopic (exact) mass is 258 g/mol. The number of aryl methyl sites for hydroxylation is 1. The van der Waals surface area contributed by atoms with Crippen molar-refractivity contribution in [3.05, 3.63) is 21.4 Å². The van der Waals surface area contributed by atoms with Gasteiger partial charge in [-0.2, -0.15) is 0 Å². The fraction of sp³-hybridized carbons (Fsp3) is 0.400. The van der Waals surface area contributed by atoms with Gasteiger partial charge in [0.15, 0.2) is 0 Å². The highest BCUT2D eigenvalue weighted by Gasteiger charge is 2.13. The van der Waals surface area contributed by atoms with E-state index in [1.807, 2.05) is 6.92 Å². The summed E-state index contributed by atoms with van der Waals surface area (Å²) >= 11 is 1.19. The second-order valence-electron chi connectivity index (χ2n) is 3.55. The standard InChI is InChI=1S/C10H14N2O4S/c1-5-6(2-8(17-5)10(15)16)3-12-4-7(13)9(11)14/h2,7,12-13H,3-4H2,1H3,(H2,11,14)(H,15,16). The Labute approximate surface area is 102 Å². The highest BCUT2D eigenvalue weighted by atomic mass is 32.1. The zero-order valence-electron chi connectivity index (χ0n) is 9.27. The Balaban J connectivity index is 2.52. The van der Waals surface area contributed by atoms with Crippen LogP contribution in [0.3, 0.4) is 0 Å². The summed E-state index contributed by atoms with van der Waals surface area (Å²) in [5, 5.41) is 20.8. The number of carboxylic acid groups (broad SMARTS) is 1. The third-order valence-electron chi connectivity index (χ3n) is 2.21. The Bertz CT molecular complexity index is 430. The third kappa shape index (κ3) is 3.81. The number of aliphatic hydroxyl groups excluding tert-OH is 1. The summed E-state index contributed by atoms with van der Waals surface area (Å²) in [6.45, 7) is 2.26. The Morgan fingerprint density at radius 2 is 2.24 bits per heavy atom. The lowest BCUT2D eigenvalue weighted by Crippen LogP contribution is -2.37. The van der Waals surface area contributed by atoms with Crippen LogP contribution in [0.4, 0.5) is 0 Å². The molecule has 1 aromatic heterocycles. The second-order valence-corrected chi connectivity index (χ2v) is 4.80. The highest BCUT2D eigenvalue weighted by molar-refractivity contribution is 7.14. The number of hydrogen-bond acceptors (Lipinski definition) is 5. The van der Waals surface area contributed by atoms with Gasteiger partial charge in [-0.15, -0.1) is 11.3 Å². The van der Waals surface area contributed by atoms with Crippen molar-refractivity contribution in [3.63, 3.8) is 0 Å². The van der Waals surface area contributed by atoms with E-state index in [2.05, 4.69) is 5.32 Å². The molecule has 0 saturated carbocycles. The SMILES string of the molecule is Cc1sc(C(=O)O)cc1CNCC(O)C(N)=O. The number of carbonyl (C=O) groups excluding carboxylic acids is 1. The molecule has 6 nitrogen and oxygen atoms in total. The molecule has 5 N–H and O–H groups in total. The molecule has 1 rings (SSSR count). The molecule has 1 aromatic rings. The van der Waals surface area contributed by atoms with Crippen LogP contribution in [-0.4, -0.2) is 34.7 Å². The van der Waals surface area contributed by atoms with E-state index < -0.39 is 18.0 Å². The normalized spacial score (nSPS) is 12.4. The molecular weight excluding hydrogens is 244 g/mol. The van der Waals surface area contributed by atoms with E-state index in [4.69, 9.17) is 15.9 Å². The summed E-state index contributed by atoms with van der Waals surface area (Å²) in [4.78, 5) is 22.5. The maximum absolute atomic E-state index is 10.7. The maximum Gasteiger partial charge on any atom is 0.345 e. The van der Waals surface area contributed by atoms with Crippen molar-refractivity contribution in [1.82, 2.24) is 5.32 Å². The number of carboxylic acids is 1. The molecule has 0 fully saturated rings. The van der Waals surface area contributed by atoms with Gasteiger partial charge in [0.05, 0.1) is 0 Å². The van der Waals surface area contributed by atoms with Gasteiger partial charge in [0.1, 0.15) is 11.0 Å². The lowest BCUT2D eigenvalue weighted by molar-refractivity contribution is -0.125. The van der Waals surface area contributed by atoms with E-state index >= 15 is 0 Å². The number of nitrogens with two attached hydrogens (primary N) is 1. The molecule has 94 valence electrons. The Kier molecular flexibility index (Phi) is 4.62. The predicted molar refractivity (Wildman–Crippen MR) is 62.9 cm³/mol. The van der Waals surface area contributed by atoms with Crippen LogP contribution >= 0.6 is 11.3 Å². The summed E-state index contributed by atoms with van der Waals surface area (Å²) in [5.74, 6) is -1.74. The number of hydrogen-bond donors (Lipinski definition) is 4. The van der Waals surface area contributed by atoms with E-state index in [1.54, 1.807) is 6.07 Å². The van der Waals surface area contributed by atoms with Crippen LogP contribution in [0.15, 0.2) is 6.07 Å². The minimum Gasteiger partial charge on any atom is -0.477 e. The molecule has 0 spiro atoms. The quantitative estimate of drug-likeness (QED) is 0.559. The summed E-state index contributed by atoms with van der Waals surface area (Å²) in [5.41, 5.74) is 5.72. The summed E-state index contributed by atoms with van der Waals surface area (Å²) in [6, 6.07) is 1.58. The minimum atomic E-state index is -1.23. The average molecular weight is 258 g/mol. The highest BCUT2D eigenvalue weighted by Crippen LogP contribution is 2.21. The molecule has 1 heterocycles. The van der Waals surface area contributed by atoms with Crippen LogP contribution in [0.5, 0.6) is 0 Å². The second kappa shape index (κ2) is 5.76. The van der Waals surface area contributed by atoms with Gasteiger partial charge in [-0.05, 0) is 18.6 Å². The van der Waals surface area contributed by atoms with Gasteiger partial charge in [0.25, 0.3) is 0 Å². The van der Waals surface area contributed by atoms with Gasteiger partial charge >= 0.3 is 5.97 Å². The van der Waals surface area contributed by atoms with Gasteiger partial charge in [-0.3, -0.25) is 4.79 Å². The molecule has 0 aromatic carbocycles. The van der Waals surface area contributed by atoms with Crippen molar-refractivity contribution in [1.29, 1.82) is 0 Å². The Morgan fingerprint density at radius 1 is 1.59 bits per heavy atom. The first-order valence-corrected chi connectivity index (χ1v) is 5.74. The van der Waals surface area contributed by atoms with Crippen LogP contribution in [0.2, 0.25) is 0 Å². The molecule has 7 heteroatoms. The largest absolute Gasteiger partial charge is 0.477 e. The first-order valence-electron chi connectivity index (χ1n) is 4.92. The van der Waals surface area contributed by atoms with Crippen LogP contribution in [0, 0.1) is 6.92 Å². The van der Waals surface area contributed by atoms with Crippen LogP contribution in [0.1, 0.15) is 20.1 Å². The third-order valence-corrected chi connectivity index (χ3v) is 3.29. The lowest BCUT2D eigenvalue weighted by atomic mass is 10.2. The number of aliphatic hydroxyl groups is 1. The summed E-state index contributed by atoms with van der Waals surface area (Å²) in [6.07, 6.45) is -1.23. The van der Waals surface area contributed by atoms with Crippen molar-refractivity contribution in [3.8, 4) is 0 Å². The maximum atomic E-state index is 10.7. The molecule has 0 aliphatic carbocycles. The van der Waals surface area contributed by atoms with E-state index in [9.17, 15) is 9.59 Å². The van der Waals surface area contributed by atoms with Crippen LogP contribution in [0.25, 0.3) is 0 Å². The average Bonchev–Trinajstić information content (AvgIpc) is 2.60. The number of primary amides is 1. The van der Waals surface area contributed by atoms with Crippen molar-refractivity contribution >= 4 is 23.2 Å². The number of aromatic carboxylic acids is 1. The molecule has 1 unspecified atom stereocenters. The fourth-order valence-corrected chi connectivity index (χ4v) is 2.13. The number of rotatable bonds is 6. The molecule has 0 saturated heterocycles. The first kappa shape index (κ1) is 13.6. The number of carbonyl (C=O) groups is 2. The molecular formula is C10H14N2O4S. The van der Waals surface area contributed by atoms with Crippen molar-refractivity contribution in [2.45, 2.75) is 19.6 Å². The van der Waals surface area contributed by atoms with Gasteiger partial charge in [-0.25, -0.2) is 4.79 Å². The fourth-order valence-electron chi connectivity index (χ4n) is 1.24. The molecule has 0 aliphatic rings. The van der Waals surface area contributed by atoms with Crippen LogP contribution < -0.4 is 11.1 Å². The predicted octanol–water partition coefficient (Wildman–Crippen LogP) is -0.309. The zero-order valence-corrected chi connectivity index (χ0v) is 10.1. The van der Waals surface area contributed by atoms with E-state index in [1.165, 1.54) is 11.3 Å². The van der Waals surface area contributed by atoms with Gasteiger partial charge in [0.2, 0.25) is 5.91 Å². The molecule has 17 heavy (non-hydrogen) atoms. The lowest BCUT2D eigenvalue weighted by Gasteiger charge is -2.07. The van der Waals surface area contributed by atoms with Gasteiger partial charge in [-0.1, -0.05) is 0 Å². The van der Waals surface area contributed by atoms with Gasteiger partial charge in [0, 0.05) is 18.0 Å².